The molecule has 0 fully saturated rings. The number of thiocarbonyl (C=S) groups is 1. The summed E-state index contributed by atoms with van der Waals surface area (Å²) in [7, 11) is 1.45. The first kappa shape index (κ1) is 23.7. The molecule has 0 aliphatic carbocycles. The molecule has 0 saturated heterocycles. The van der Waals surface area contributed by atoms with E-state index in [0.29, 0.717) is 0 Å². The van der Waals surface area contributed by atoms with Crippen molar-refractivity contribution in [2.75, 3.05) is 13.2 Å². The summed E-state index contributed by atoms with van der Waals surface area (Å²) in [6.07, 6.45) is -2.96. The third kappa shape index (κ3) is 7.01. The van der Waals surface area contributed by atoms with Gasteiger partial charge in [-0.2, -0.15) is 18.3 Å². The van der Waals surface area contributed by atoms with Crippen LogP contribution in [0.1, 0.15) is 40.9 Å². The van der Waals surface area contributed by atoms with Gasteiger partial charge in [0.25, 0.3) is 0 Å². The van der Waals surface area contributed by atoms with Crippen LogP contribution < -0.4 is 10.6 Å². The summed E-state index contributed by atoms with van der Waals surface area (Å²) in [5.74, 6) is -0.423. The lowest BCUT2D eigenvalue weighted by Crippen LogP contribution is -2.40. The van der Waals surface area contributed by atoms with Crippen LogP contribution in [0.5, 0.6) is 0 Å². The summed E-state index contributed by atoms with van der Waals surface area (Å²) in [4.78, 5) is 10.8. The van der Waals surface area contributed by atoms with Gasteiger partial charge in [0.2, 0.25) is 0 Å². The van der Waals surface area contributed by atoms with Gasteiger partial charge >= 0.3 is 12.1 Å². The van der Waals surface area contributed by atoms with Crippen LogP contribution >= 0.6 is 12.2 Å². The molecule has 0 bridgehead atoms. The summed E-state index contributed by atoms with van der Waals surface area (Å²) < 4.78 is 46.6. The number of esters is 1. The molecule has 1 aromatic heterocycles. The number of halogens is 3. The molecule has 6 nitrogen and oxygen atoms in total. The van der Waals surface area contributed by atoms with Crippen LogP contribution in [0.3, 0.4) is 0 Å². The number of carbonyl (C=O) groups excluding carboxylic acids is 1. The van der Waals surface area contributed by atoms with Gasteiger partial charge in [-0.25, -0.2) is 0 Å². The molecular formula is C20H25F3N4O2S. The van der Waals surface area contributed by atoms with Crippen molar-refractivity contribution in [3.05, 3.63) is 52.3 Å². The highest BCUT2D eigenvalue weighted by atomic mass is 32.1. The molecule has 2 rings (SSSR count). The smallest absolute Gasteiger partial charge is 0.435 e. The molecule has 1 aromatic carbocycles. The second-order valence-corrected chi connectivity index (χ2v) is 7.51. The number of hydrogen-bond donors (Lipinski definition) is 2. The maximum atomic E-state index is 13.6. The molecule has 1 atom stereocenters. The van der Waals surface area contributed by atoms with E-state index in [4.69, 9.17) is 17.0 Å². The highest BCUT2D eigenvalue weighted by Crippen LogP contribution is 2.34. The van der Waals surface area contributed by atoms with Gasteiger partial charge in [-0.15, -0.1) is 0 Å². The number of hydrogen-bond acceptors (Lipinski definition) is 4. The minimum atomic E-state index is -4.59. The van der Waals surface area contributed by atoms with E-state index in [9.17, 15) is 18.0 Å². The van der Waals surface area contributed by atoms with E-state index < -0.39 is 23.9 Å². The summed E-state index contributed by atoms with van der Waals surface area (Å²) in [5, 5.41) is 9.58. The van der Waals surface area contributed by atoms with Crippen LogP contribution in [0.15, 0.2) is 24.4 Å². The largest absolute Gasteiger partial charge is 0.464 e. The highest BCUT2D eigenvalue weighted by molar-refractivity contribution is 7.80. The topological polar surface area (TPSA) is 68.2 Å². The van der Waals surface area contributed by atoms with Crippen LogP contribution in [0.25, 0.3) is 0 Å². The summed E-state index contributed by atoms with van der Waals surface area (Å²) in [6, 6.07) is 5.11. The Balaban J connectivity index is 2.27. The Morgan fingerprint density at radius 2 is 1.90 bits per heavy atom. The van der Waals surface area contributed by atoms with Crippen molar-refractivity contribution in [1.29, 1.82) is 0 Å². The minimum absolute atomic E-state index is 0.00768. The van der Waals surface area contributed by atoms with Crippen molar-refractivity contribution >= 4 is 23.3 Å². The van der Waals surface area contributed by atoms with Crippen molar-refractivity contribution in [3.8, 4) is 0 Å². The summed E-state index contributed by atoms with van der Waals surface area (Å²) in [5.41, 5.74) is 1.98. The zero-order valence-corrected chi connectivity index (χ0v) is 18.1. The first-order valence-electron chi connectivity index (χ1n) is 9.31. The van der Waals surface area contributed by atoms with Crippen LogP contribution in [0, 0.1) is 13.8 Å². The molecule has 1 unspecified atom stereocenters. The number of nitrogens with one attached hydrogen (secondary N) is 2. The lowest BCUT2D eigenvalue weighted by molar-refractivity contribution is -0.142. The molecule has 0 amide bonds. The molecule has 164 valence electrons. The molecule has 1 heterocycles. The Bertz CT molecular complexity index is 892. The zero-order chi connectivity index (χ0) is 22.5. The van der Waals surface area contributed by atoms with Gasteiger partial charge in [0.15, 0.2) is 10.8 Å². The number of nitrogens with zero attached hydrogens (tertiary/aromatic N) is 2. The van der Waals surface area contributed by atoms with Crippen molar-refractivity contribution in [1.82, 2.24) is 20.4 Å². The molecule has 0 radical (unpaired) electrons. The monoisotopic (exact) mass is 442 g/mol. The minimum Gasteiger partial charge on any atom is -0.464 e. The van der Waals surface area contributed by atoms with E-state index in [1.807, 2.05) is 32.0 Å². The summed E-state index contributed by atoms with van der Waals surface area (Å²) in [6.45, 7) is 5.49. The van der Waals surface area contributed by atoms with Gasteiger partial charge in [0, 0.05) is 25.7 Å². The van der Waals surface area contributed by atoms with Gasteiger partial charge in [-0.1, -0.05) is 29.3 Å². The first-order chi connectivity index (χ1) is 14.0. The van der Waals surface area contributed by atoms with Gasteiger partial charge < -0.3 is 15.4 Å². The number of alkyl halides is 3. The predicted molar refractivity (Wildman–Crippen MR) is 111 cm³/mol. The van der Waals surface area contributed by atoms with E-state index in [-0.39, 0.29) is 30.2 Å². The van der Waals surface area contributed by atoms with Crippen LogP contribution in [0.4, 0.5) is 13.2 Å². The molecule has 2 aromatic rings. The number of benzene rings is 1. The lowest BCUT2D eigenvalue weighted by atomic mass is 9.96. The normalized spacial score (nSPS) is 12.4. The fourth-order valence-corrected chi connectivity index (χ4v) is 3.46. The zero-order valence-electron chi connectivity index (χ0n) is 17.3. The maximum absolute atomic E-state index is 13.6. The van der Waals surface area contributed by atoms with Crippen molar-refractivity contribution < 1.29 is 22.7 Å². The van der Waals surface area contributed by atoms with Crippen molar-refractivity contribution in [2.24, 2.45) is 7.05 Å². The Labute approximate surface area is 178 Å². The number of ether oxygens (including phenoxy) is 1. The average molecular weight is 443 g/mol. The fourth-order valence-electron chi connectivity index (χ4n) is 3.21. The van der Waals surface area contributed by atoms with E-state index in [1.54, 1.807) is 0 Å². The lowest BCUT2D eigenvalue weighted by Gasteiger charge is -2.22. The average Bonchev–Trinajstić information content (AvgIpc) is 2.99. The standard InChI is InChI=1S/C20H25F3N4O2S/c1-12-7-13(2)9-15(8-12)10-17(25-19(30)24-5-6-29-14(3)28)16-11-27(4)26-18(16)20(21,22)23/h7-9,11,17H,5-6,10H2,1-4H3,(H2,24,25,30). The van der Waals surface area contributed by atoms with Crippen molar-refractivity contribution in [3.63, 3.8) is 0 Å². The summed E-state index contributed by atoms with van der Waals surface area (Å²) >= 11 is 5.25. The fraction of sp³-hybridized carbons (Fsp3) is 0.450. The molecule has 0 aliphatic heterocycles. The molecule has 30 heavy (non-hydrogen) atoms. The van der Waals surface area contributed by atoms with E-state index >= 15 is 0 Å². The first-order valence-corrected chi connectivity index (χ1v) is 9.72. The number of rotatable bonds is 7. The Morgan fingerprint density at radius 1 is 1.27 bits per heavy atom. The van der Waals surface area contributed by atoms with Gasteiger partial charge in [0.1, 0.15) is 6.61 Å². The Hall–Kier alpha value is -2.62. The van der Waals surface area contributed by atoms with Crippen LogP contribution in [-0.4, -0.2) is 34.0 Å². The molecule has 0 aliphatic rings. The van der Waals surface area contributed by atoms with Gasteiger partial charge in [0.05, 0.1) is 12.6 Å². The Kier molecular flexibility index (Phi) is 7.83. The highest BCUT2D eigenvalue weighted by Gasteiger charge is 2.39. The second-order valence-electron chi connectivity index (χ2n) is 7.10. The van der Waals surface area contributed by atoms with Gasteiger partial charge in [-0.3, -0.25) is 9.48 Å². The maximum Gasteiger partial charge on any atom is 0.435 e. The third-order valence-electron chi connectivity index (χ3n) is 4.22. The second kappa shape index (κ2) is 9.92. The number of aryl methyl sites for hydroxylation is 3. The van der Waals surface area contributed by atoms with E-state index in [0.717, 1.165) is 21.4 Å². The van der Waals surface area contributed by atoms with Crippen LogP contribution in [-0.2, 0) is 29.2 Å². The van der Waals surface area contributed by atoms with Crippen LogP contribution in [0.2, 0.25) is 0 Å². The third-order valence-corrected chi connectivity index (χ3v) is 4.48. The number of aromatic nitrogens is 2. The molecule has 0 spiro atoms. The quantitative estimate of drug-likeness (QED) is 0.389. The Morgan fingerprint density at radius 3 is 2.47 bits per heavy atom. The van der Waals surface area contributed by atoms with Crippen molar-refractivity contribution in [2.45, 2.75) is 39.4 Å². The van der Waals surface area contributed by atoms with E-state index in [1.165, 1.54) is 20.2 Å². The predicted octanol–water partition coefficient (Wildman–Crippen LogP) is 3.37. The molecule has 10 heteroatoms. The number of carbonyl (C=O) groups is 1. The molecule has 2 N–H and O–H groups in total. The molecule has 0 saturated carbocycles. The SMILES string of the molecule is CC(=O)OCCNC(=S)NC(Cc1cc(C)cc(C)c1)c1cn(C)nc1C(F)(F)F. The molecular weight excluding hydrogens is 417 g/mol. The van der Waals surface area contributed by atoms with E-state index in [2.05, 4.69) is 15.7 Å². The van der Waals surface area contributed by atoms with Gasteiger partial charge in [-0.05, 0) is 38.0 Å².